The van der Waals surface area contributed by atoms with Gasteiger partial charge in [-0.15, -0.1) is 0 Å². The largest absolute Gasteiger partial charge is 0.375 e. The lowest BCUT2D eigenvalue weighted by Gasteiger charge is -2.16. The zero-order valence-corrected chi connectivity index (χ0v) is 9.69. The summed E-state index contributed by atoms with van der Waals surface area (Å²) >= 11 is 11.9. The molecule has 4 heteroatoms. The van der Waals surface area contributed by atoms with Gasteiger partial charge in [-0.2, -0.15) is 0 Å². The fraction of sp³-hybridized carbons (Fsp3) is 0.400. The Bertz CT molecular complexity index is 304. The third-order valence-corrected chi connectivity index (χ3v) is 2.56. The monoisotopic (exact) mass is 233 g/mol. The average Bonchev–Trinajstić information content (AvgIpc) is 2.18. The number of benzene rings is 1. The van der Waals surface area contributed by atoms with E-state index in [-0.39, 0.29) is 6.10 Å². The third-order valence-electron chi connectivity index (χ3n) is 1.98. The standard InChI is InChI=1S/C10H13Cl2NO/c1-13-6-10(14-2)8-5-7(11)3-4-9(8)12/h3-5,10,13H,6H2,1-2H3/t10-/m0/s1. The average molecular weight is 234 g/mol. The van der Waals surface area contributed by atoms with Crippen LogP contribution in [0.25, 0.3) is 0 Å². The smallest absolute Gasteiger partial charge is 0.0960 e. The van der Waals surface area contributed by atoms with E-state index in [0.29, 0.717) is 16.6 Å². The molecule has 1 rings (SSSR count). The van der Waals surface area contributed by atoms with Gasteiger partial charge in [0.1, 0.15) is 0 Å². The summed E-state index contributed by atoms with van der Waals surface area (Å²) in [4.78, 5) is 0. The second-order valence-corrected chi connectivity index (χ2v) is 3.79. The van der Waals surface area contributed by atoms with Crippen molar-refractivity contribution in [3.8, 4) is 0 Å². The normalized spacial score (nSPS) is 12.9. The van der Waals surface area contributed by atoms with Crippen LogP contribution in [0.2, 0.25) is 10.0 Å². The molecule has 0 heterocycles. The Morgan fingerprint density at radius 1 is 1.43 bits per heavy atom. The van der Waals surface area contributed by atoms with Crippen molar-refractivity contribution in [3.05, 3.63) is 33.8 Å². The predicted octanol–water partition coefficient (Wildman–Crippen LogP) is 2.90. The van der Waals surface area contributed by atoms with Gasteiger partial charge in [-0.05, 0) is 25.2 Å². The molecule has 0 amide bonds. The minimum atomic E-state index is -0.0637. The molecule has 1 N–H and O–H groups in total. The van der Waals surface area contributed by atoms with Crippen LogP contribution < -0.4 is 5.32 Å². The van der Waals surface area contributed by atoms with Crippen LogP contribution in [-0.2, 0) is 4.74 Å². The van der Waals surface area contributed by atoms with Gasteiger partial charge in [0.15, 0.2) is 0 Å². The highest BCUT2D eigenvalue weighted by atomic mass is 35.5. The second-order valence-electron chi connectivity index (χ2n) is 2.95. The van der Waals surface area contributed by atoms with Gasteiger partial charge < -0.3 is 10.1 Å². The van der Waals surface area contributed by atoms with E-state index in [1.807, 2.05) is 13.1 Å². The number of ether oxygens (including phenoxy) is 1. The Kier molecular flexibility index (Phi) is 4.69. The predicted molar refractivity (Wildman–Crippen MR) is 60.1 cm³/mol. The molecule has 0 fully saturated rings. The lowest BCUT2D eigenvalue weighted by molar-refractivity contribution is 0.104. The molecule has 0 bridgehead atoms. The van der Waals surface area contributed by atoms with Crippen LogP contribution in [0.3, 0.4) is 0 Å². The number of nitrogens with one attached hydrogen (secondary N) is 1. The molecule has 14 heavy (non-hydrogen) atoms. The molecule has 0 radical (unpaired) electrons. The van der Waals surface area contributed by atoms with Crippen LogP contribution in [0.4, 0.5) is 0 Å². The summed E-state index contributed by atoms with van der Waals surface area (Å²) in [7, 11) is 3.52. The van der Waals surface area contributed by atoms with Gasteiger partial charge in [0, 0.05) is 29.3 Å². The molecular weight excluding hydrogens is 221 g/mol. The summed E-state index contributed by atoms with van der Waals surface area (Å²) in [5.74, 6) is 0. The molecule has 0 aliphatic carbocycles. The highest BCUT2D eigenvalue weighted by molar-refractivity contribution is 6.33. The molecule has 1 aromatic rings. The Morgan fingerprint density at radius 2 is 2.14 bits per heavy atom. The minimum absolute atomic E-state index is 0.0637. The van der Waals surface area contributed by atoms with Crippen LogP contribution in [0.5, 0.6) is 0 Å². The molecule has 0 unspecified atom stereocenters. The number of methoxy groups -OCH3 is 1. The fourth-order valence-electron chi connectivity index (χ4n) is 1.27. The highest BCUT2D eigenvalue weighted by Crippen LogP contribution is 2.27. The van der Waals surface area contributed by atoms with E-state index >= 15 is 0 Å². The zero-order chi connectivity index (χ0) is 10.6. The molecule has 1 aromatic carbocycles. The molecule has 0 aliphatic heterocycles. The van der Waals surface area contributed by atoms with Crippen LogP contribution >= 0.6 is 23.2 Å². The summed E-state index contributed by atoms with van der Waals surface area (Å²) in [6, 6.07) is 5.37. The maximum atomic E-state index is 6.04. The summed E-state index contributed by atoms with van der Waals surface area (Å²) in [5.41, 5.74) is 0.913. The van der Waals surface area contributed by atoms with Crippen molar-refractivity contribution in [1.29, 1.82) is 0 Å². The van der Waals surface area contributed by atoms with Crippen molar-refractivity contribution in [2.45, 2.75) is 6.10 Å². The fourth-order valence-corrected chi connectivity index (χ4v) is 1.69. The highest BCUT2D eigenvalue weighted by Gasteiger charge is 2.13. The SMILES string of the molecule is CNC[C@H](OC)c1cc(Cl)ccc1Cl. The van der Waals surface area contributed by atoms with Crippen molar-refractivity contribution in [2.24, 2.45) is 0 Å². The van der Waals surface area contributed by atoms with Crippen molar-refractivity contribution in [3.63, 3.8) is 0 Å². The van der Waals surface area contributed by atoms with Gasteiger partial charge in [-0.3, -0.25) is 0 Å². The Morgan fingerprint density at radius 3 is 2.71 bits per heavy atom. The van der Waals surface area contributed by atoms with Gasteiger partial charge in [0.2, 0.25) is 0 Å². The molecule has 0 saturated carbocycles. The van der Waals surface area contributed by atoms with Crippen molar-refractivity contribution in [2.75, 3.05) is 20.7 Å². The van der Waals surface area contributed by atoms with Crippen LogP contribution in [0.1, 0.15) is 11.7 Å². The van der Waals surface area contributed by atoms with E-state index < -0.39 is 0 Å². The Balaban J connectivity index is 2.96. The lowest BCUT2D eigenvalue weighted by atomic mass is 10.1. The van der Waals surface area contributed by atoms with Crippen molar-refractivity contribution in [1.82, 2.24) is 5.32 Å². The topological polar surface area (TPSA) is 21.3 Å². The molecule has 78 valence electrons. The van der Waals surface area contributed by atoms with Gasteiger partial charge in [0.05, 0.1) is 6.10 Å². The number of hydrogen-bond donors (Lipinski definition) is 1. The van der Waals surface area contributed by atoms with E-state index in [1.165, 1.54) is 0 Å². The molecular formula is C10H13Cl2NO. The van der Waals surface area contributed by atoms with Gasteiger partial charge in [-0.25, -0.2) is 0 Å². The van der Waals surface area contributed by atoms with E-state index in [1.54, 1.807) is 19.2 Å². The summed E-state index contributed by atoms with van der Waals surface area (Å²) in [5, 5.41) is 4.38. The van der Waals surface area contributed by atoms with Gasteiger partial charge in [-0.1, -0.05) is 23.2 Å². The quantitative estimate of drug-likeness (QED) is 0.864. The number of rotatable bonds is 4. The molecule has 0 aliphatic rings. The first-order valence-corrected chi connectivity index (χ1v) is 5.07. The second kappa shape index (κ2) is 5.56. The Labute approximate surface area is 94.2 Å². The molecule has 0 spiro atoms. The van der Waals surface area contributed by atoms with Crippen LogP contribution in [0.15, 0.2) is 18.2 Å². The van der Waals surface area contributed by atoms with E-state index in [4.69, 9.17) is 27.9 Å². The summed E-state index contributed by atoms with van der Waals surface area (Å²) in [6.07, 6.45) is -0.0637. The number of halogens is 2. The summed E-state index contributed by atoms with van der Waals surface area (Å²) in [6.45, 7) is 0.705. The first-order valence-electron chi connectivity index (χ1n) is 4.31. The first kappa shape index (κ1) is 11.8. The van der Waals surface area contributed by atoms with Crippen molar-refractivity contribution >= 4 is 23.2 Å². The van der Waals surface area contributed by atoms with E-state index in [0.717, 1.165) is 5.56 Å². The summed E-state index contributed by atoms with van der Waals surface area (Å²) < 4.78 is 5.31. The zero-order valence-electron chi connectivity index (χ0n) is 8.18. The maximum absolute atomic E-state index is 6.04. The number of hydrogen-bond acceptors (Lipinski definition) is 2. The van der Waals surface area contributed by atoms with E-state index in [2.05, 4.69) is 5.32 Å². The van der Waals surface area contributed by atoms with E-state index in [9.17, 15) is 0 Å². The minimum Gasteiger partial charge on any atom is -0.375 e. The third kappa shape index (κ3) is 2.85. The first-order chi connectivity index (χ1) is 6.69. The maximum Gasteiger partial charge on any atom is 0.0960 e. The molecule has 1 atom stereocenters. The molecule has 2 nitrogen and oxygen atoms in total. The molecule has 0 aromatic heterocycles. The van der Waals surface area contributed by atoms with Crippen LogP contribution in [0, 0.1) is 0 Å². The van der Waals surface area contributed by atoms with Crippen molar-refractivity contribution < 1.29 is 4.74 Å². The Hall–Kier alpha value is -0.280. The van der Waals surface area contributed by atoms with Gasteiger partial charge >= 0.3 is 0 Å². The lowest BCUT2D eigenvalue weighted by Crippen LogP contribution is -2.18. The number of likely N-dealkylation sites (N-methyl/N-ethyl adjacent to an activating group) is 1. The molecule has 0 saturated heterocycles. The van der Waals surface area contributed by atoms with Gasteiger partial charge in [0.25, 0.3) is 0 Å². The van der Waals surface area contributed by atoms with Crippen LogP contribution in [-0.4, -0.2) is 20.7 Å².